The van der Waals surface area contributed by atoms with Gasteiger partial charge in [-0.05, 0) is 64.7 Å². The lowest BCUT2D eigenvalue weighted by Crippen LogP contribution is -2.34. The molecule has 5 heteroatoms. The quantitative estimate of drug-likeness (QED) is 0.407. The van der Waals surface area contributed by atoms with E-state index in [-0.39, 0.29) is 0 Å². The third-order valence-corrected chi connectivity index (χ3v) is 4.86. The van der Waals surface area contributed by atoms with Crippen LogP contribution < -0.4 is 0 Å². The molecule has 148 valence electrons. The molecule has 2 saturated heterocycles. The molecule has 0 aromatic heterocycles. The first kappa shape index (κ1) is 24.8. The van der Waals surface area contributed by atoms with Gasteiger partial charge in [0.15, 0.2) is 0 Å². The molecule has 4 nitrogen and oxygen atoms in total. The van der Waals surface area contributed by atoms with Gasteiger partial charge in [0.05, 0.1) is 13.2 Å². The highest BCUT2D eigenvalue weighted by Crippen LogP contribution is 2.15. The molecule has 2 aliphatic rings. The molecule has 0 radical (unpaired) electrons. The number of allylic oxidation sites excluding steroid dienone is 1. The molecule has 0 unspecified atom stereocenters. The molecule has 0 bridgehead atoms. The minimum absolute atomic E-state index is 0.365. The van der Waals surface area contributed by atoms with Crippen molar-refractivity contribution in [1.29, 1.82) is 0 Å². The average molecular weight is 419 g/mol. The molecular weight excluding hydrogens is 380 g/mol. The van der Waals surface area contributed by atoms with E-state index in [1.165, 1.54) is 45.3 Å². The van der Waals surface area contributed by atoms with E-state index in [9.17, 15) is 0 Å². The molecule has 2 fully saturated rings. The molecule has 2 rings (SSSR count). The molecule has 0 aromatic rings. The van der Waals surface area contributed by atoms with E-state index in [2.05, 4.69) is 53.0 Å². The van der Waals surface area contributed by atoms with E-state index in [0.717, 1.165) is 24.4 Å². The van der Waals surface area contributed by atoms with Gasteiger partial charge in [-0.25, -0.2) is 0 Å². The zero-order valence-electron chi connectivity index (χ0n) is 16.3. The molecular formula is C20H39BrN2O2. The maximum absolute atomic E-state index is 8.78. The zero-order chi connectivity index (χ0) is 18.9. The molecule has 2 atom stereocenters. The SMILES string of the molecule is C=CCBr.C=CCOC[C@@H]1CCCN(C)C1.CN1CCC[C@@H](CO)C1. The largest absolute Gasteiger partial charge is 0.396 e. The first-order valence-corrected chi connectivity index (χ1v) is 10.5. The summed E-state index contributed by atoms with van der Waals surface area (Å²) in [6.45, 7) is 13.7. The molecule has 2 aliphatic heterocycles. The lowest BCUT2D eigenvalue weighted by Gasteiger charge is -2.29. The predicted molar refractivity (Wildman–Crippen MR) is 113 cm³/mol. The standard InChI is InChI=1S/C10H19NO.C7H15NO.C3H5Br/c1-3-7-12-9-10-5-4-6-11(2)8-10;1-8-4-2-3-7(5-8)6-9;1-2-3-4/h3,10H,1,4-9H2,2H3;7,9H,2-6H2,1H3;2H,1,3H2/t10-;7-;/m11./s1. The van der Waals surface area contributed by atoms with Gasteiger partial charge in [-0.1, -0.05) is 28.1 Å². The van der Waals surface area contributed by atoms with Crippen molar-refractivity contribution in [2.24, 2.45) is 11.8 Å². The number of ether oxygens (including phenoxy) is 1. The molecule has 25 heavy (non-hydrogen) atoms. The Hall–Kier alpha value is -0.200. The van der Waals surface area contributed by atoms with E-state index < -0.39 is 0 Å². The fraction of sp³-hybridized carbons (Fsp3) is 0.800. The van der Waals surface area contributed by atoms with Crippen molar-refractivity contribution in [3.8, 4) is 0 Å². The van der Waals surface area contributed by atoms with Crippen LogP contribution in [-0.2, 0) is 4.74 Å². The van der Waals surface area contributed by atoms with Gasteiger partial charge in [0.25, 0.3) is 0 Å². The third-order valence-electron chi connectivity index (χ3n) is 4.40. The number of rotatable bonds is 6. The fourth-order valence-electron chi connectivity index (χ4n) is 3.15. The van der Waals surface area contributed by atoms with Gasteiger partial charge in [0.2, 0.25) is 0 Å². The summed E-state index contributed by atoms with van der Waals surface area (Å²) in [6, 6.07) is 0. The van der Waals surface area contributed by atoms with Crippen LogP contribution in [0.1, 0.15) is 25.7 Å². The normalized spacial score (nSPS) is 24.3. The Balaban J connectivity index is 0.000000391. The minimum Gasteiger partial charge on any atom is -0.396 e. The van der Waals surface area contributed by atoms with Crippen LogP contribution in [0.4, 0.5) is 0 Å². The zero-order valence-corrected chi connectivity index (χ0v) is 17.9. The Morgan fingerprint density at radius 1 is 1.04 bits per heavy atom. The number of nitrogens with zero attached hydrogens (tertiary/aromatic N) is 2. The number of aliphatic hydroxyl groups excluding tert-OH is 1. The van der Waals surface area contributed by atoms with Crippen LogP contribution in [0.15, 0.2) is 25.3 Å². The van der Waals surface area contributed by atoms with Crippen molar-refractivity contribution in [2.75, 3.05) is 65.4 Å². The smallest absolute Gasteiger partial charge is 0.0644 e. The Bertz CT molecular complexity index is 329. The molecule has 0 amide bonds. The van der Waals surface area contributed by atoms with Crippen LogP contribution >= 0.6 is 15.9 Å². The maximum atomic E-state index is 8.78. The Labute approximate surface area is 164 Å². The second kappa shape index (κ2) is 17.2. The summed E-state index contributed by atoms with van der Waals surface area (Å²) < 4.78 is 5.43. The van der Waals surface area contributed by atoms with E-state index in [0.29, 0.717) is 19.1 Å². The Kier molecular flexibility index (Phi) is 17.1. The first-order chi connectivity index (χ1) is 12.1. The van der Waals surface area contributed by atoms with Crippen LogP contribution in [0.25, 0.3) is 0 Å². The number of halogens is 1. The van der Waals surface area contributed by atoms with E-state index in [4.69, 9.17) is 9.84 Å². The summed E-state index contributed by atoms with van der Waals surface area (Å²) >= 11 is 3.13. The first-order valence-electron chi connectivity index (χ1n) is 9.40. The van der Waals surface area contributed by atoms with Gasteiger partial charge in [0, 0.05) is 25.0 Å². The molecule has 0 aromatic carbocycles. The van der Waals surface area contributed by atoms with Gasteiger partial charge < -0.3 is 19.6 Å². The predicted octanol–water partition coefficient (Wildman–Crippen LogP) is 3.42. The van der Waals surface area contributed by atoms with Gasteiger partial charge in [-0.2, -0.15) is 0 Å². The number of hydrogen-bond donors (Lipinski definition) is 1. The van der Waals surface area contributed by atoms with Crippen LogP contribution in [0.5, 0.6) is 0 Å². The van der Waals surface area contributed by atoms with Crippen molar-refractivity contribution >= 4 is 15.9 Å². The van der Waals surface area contributed by atoms with Crippen molar-refractivity contribution in [2.45, 2.75) is 25.7 Å². The Morgan fingerprint density at radius 3 is 1.96 bits per heavy atom. The van der Waals surface area contributed by atoms with Gasteiger partial charge >= 0.3 is 0 Å². The molecule has 1 N–H and O–H groups in total. The van der Waals surface area contributed by atoms with E-state index in [1.54, 1.807) is 6.08 Å². The number of piperidine rings is 2. The second-order valence-corrected chi connectivity index (χ2v) is 7.64. The lowest BCUT2D eigenvalue weighted by atomic mass is 10.00. The topological polar surface area (TPSA) is 35.9 Å². The van der Waals surface area contributed by atoms with Crippen molar-refractivity contribution in [3.05, 3.63) is 25.3 Å². The number of likely N-dealkylation sites (tertiary alicyclic amines) is 2. The summed E-state index contributed by atoms with van der Waals surface area (Å²) in [4.78, 5) is 4.66. The van der Waals surface area contributed by atoms with Crippen molar-refractivity contribution in [3.63, 3.8) is 0 Å². The molecule has 0 spiro atoms. The van der Waals surface area contributed by atoms with Gasteiger partial charge in [0.1, 0.15) is 0 Å². The third kappa shape index (κ3) is 14.6. The minimum atomic E-state index is 0.365. The lowest BCUT2D eigenvalue weighted by molar-refractivity contribution is 0.0833. The second-order valence-electron chi connectivity index (χ2n) is 6.99. The highest BCUT2D eigenvalue weighted by Gasteiger charge is 2.16. The highest BCUT2D eigenvalue weighted by molar-refractivity contribution is 9.09. The number of hydrogen-bond acceptors (Lipinski definition) is 4. The highest BCUT2D eigenvalue weighted by atomic mass is 79.9. The Morgan fingerprint density at radius 2 is 1.56 bits per heavy atom. The van der Waals surface area contributed by atoms with Crippen LogP contribution in [0, 0.1) is 11.8 Å². The monoisotopic (exact) mass is 418 g/mol. The van der Waals surface area contributed by atoms with Crippen LogP contribution in [-0.4, -0.2) is 80.3 Å². The summed E-state index contributed by atoms with van der Waals surface area (Å²) in [7, 11) is 4.29. The number of alkyl halides is 1. The summed E-state index contributed by atoms with van der Waals surface area (Å²) in [5.41, 5.74) is 0. The molecule has 2 heterocycles. The fourth-order valence-corrected chi connectivity index (χ4v) is 3.15. The average Bonchev–Trinajstić information content (AvgIpc) is 2.63. The van der Waals surface area contributed by atoms with Crippen molar-refractivity contribution < 1.29 is 9.84 Å². The summed E-state index contributed by atoms with van der Waals surface area (Å²) in [5.74, 6) is 1.28. The molecule has 0 aliphatic carbocycles. The van der Waals surface area contributed by atoms with Gasteiger partial charge in [-0.15, -0.1) is 13.2 Å². The van der Waals surface area contributed by atoms with Gasteiger partial charge in [-0.3, -0.25) is 0 Å². The summed E-state index contributed by atoms with van der Waals surface area (Å²) in [5, 5.41) is 9.68. The molecule has 0 saturated carbocycles. The van der Waals surface area contributed by atoms with E-state index >= 15 is 0 Å². The maximum Gasteiger partial charge on any atom is 0.0644 e. The summed E-state index contributed by atoms with van der Waals surface area (Å²) in [6.07, 6.45) is 8.70. The number of aliphatic hydroxyl groups is 1. The van der Waals surface area contributed by atoms with Crippen LogP contribution in [0.2, 0.25) is 0 Å². The van der Waals surface area contributed by atoms with Crippen molar-refractivity contribution in [1.82, 2.24) is 9.80 Å². The van der Waals surface area contributed by atoms with Crippen LogP contribution in [0.3, 0.4) is 0 Å². The van der Waals surface area contributed by atoms with E-state index in [1.807, 2.05) is 6.08 Å².